The largest absolute Gasteiger partial charge is 0.466 e. The SMILES string of the molecule is C=C(OCC)Oc1ccc(C(C)CC)cc1. The minimum absolute atomic E-state index is 0.346. The van der Waals surface area contributed by atoms with Gasteiger partial charge in [-0.1, -0.05) is 26.0 Å². The van der Waals surface area contributed by atoms with Gasteiger partial charge in [0, 0.05) is 0 Å². The van der Waals surface area contributed by atoms with Gasteiger partial charge in [-0.15, -0.1) is 0 Å². The third-order valence-electron chi connectivity index (χ3n) is 2.60. The van der Waals surface area contributed by atoms with Crippen LogP contribution in [0.25, 0.3) is 0 Å². The zero-order chi connectivity index (χ0) is 12.0. The van der Waals surface area contributed by atoms with Crippen LogP contribution in [-0.4, -0.2) is 6.61 Å². The van der Waals surface area contributed by atoms with E-state index < -0.39 is 0 Å². The monoisotopic (exact) mass is 220 g/mol. The van der Waals surface area contributed by atoms with Gasteiger partial charge in [-0.3, -0.25) is 0 Å². The summed E-state index contributed by atoms with van der Waals surface area (Å²) in [6.07, 6.45) is 1.14. The van der Waals surface area contributed by atoms with Crippen molar-refractivity contribution >= 4 is 0 Å². The summed E-state index contributed by atoms with van der Waals surface area (Å²) in [6.45, 7) is 10.5. The summed E-state index contributed by atoms with van der Waals surface area (Å²) in [5, 5.41) is 0. The van der Waals surface area contributed by atoms with Gasteiger partial charge in [0.15, 0.2) is 0 Å². The van der Waals surface area contributed by atoms with Gasteiger partial charge in [-0.2, -0.15) is 0 Å². The van der Waals surface area contributed by atoms with Crippen molar-refractivity contribution in [3.63, 3.8) is 0 Å². The highest BCUT2D eigenvalue weighted by Crippen LogP contribution is 2.22. The van der Waals surface area contributed by atoms with Crippen LogP contribution >= 0.6 is 0 Å². The second-order valence-corrected chi connectivity index (χ2v) is 3.79. The highest BCUT2D eigenvalue weighted by atomic mass is 16.7. The van der Waals surface area contributed by atoms with Crippen LogP contribution in [0.4, 0.5) is 0 Å². The van der Waals surface area contributed by atoms with Crippen molar-refractivity contribution < 1.29 is 9.47 Å². The number of hydrogen-bond acceptors (Lipinski definition) is 2. The molecule has 1 aromatic carbocycles. The Morgan fingerprint density at radius 3 is 2.38 bits per heavy atom. The molecule has 0 saturated heterocycles. The molecule has 1 unspecified atom stereocenters. The lowest BCUT2D eigenvalue weighted by Crippen LogP contribution is -1.99. The maximum atomic E-state index is 5.41. The van der Waals surface area contributed by atoms with E-state index in [1.165, 1.54) is 5.56 Å². The summed E-state index contributed by atoms with van der Waals surface area (Å²) in [4.78, 5) is 0. The Kier molecular flexibility index (Phi) is 4.90. The Labute approximate surface area is 97.9 Å². The molecule has 0 fully saturated rings. The maximum absolute atomic E-state index is 5.41. The van der Waals surface area contributed by atoms with Crippen molar-refractivity contribution in [2.45, 2.75) is 33.1 Å². The molecular formula is C14H20O2. The molecule has 0 amide bonds. The predicted octanol–water partition coefficient (Wildman–Crippen LogP) is 4.09. The fourth-order valence-corrected chi connectivity index (χ4v) is 1.42. The Morgan fingerprint density at radius 2 is 1.88 bits per heavy atom. The first-order valence-corrected chi connectivity index (χ1v) is 5.76. The maximum Gasteiger partial charge on any atom is 0.277 e. The van der Waals surface area contributed by atoms with Gasteiger partial charge in [-0.25, -0.2) is 0 Å². The molecule has 88 valence electrons. The first-order chi connectivity index (χ1) is 7.67. The lowest BCUT2D eigenvalue weighted by Gasteiger charge is -2.11. The number of ether oxygens (including phenoxy) is 2. The molecule has 16 heavy (non-hydrogen) atoms. The van der Waals surface area contributed by atoms with Crippen LogP contribution in [0.2, 0.25) is 0 Å². The van der Waals surface area contributed by atoms with Crippen molar-refractivity contribution in [3.8, 4) is 5.75 Å². The Hall–Kier alpha value is -1.44. The van der Waals surface area contributed by atoms with Crippen molar-refractivity contribution in [2.24, 2.45) is 0 Å². The van der Waals surface area contributed by atoms with Crippen LogP contribution in [0.1, 0.15) is 38.7 Å². The first kappa shape index (κ1) is 12.6. The molecular weight excluding hydrogens is 200 g/mol. The minimum atomic E-state index is 0.346. The molecule has 2 nitrogen and oxygen atoms in total. The van der Waals surface area contributed by atoms with Crippen molar-refractivity contribution in [1.82, 2.24) is 0 Å². The van der Waals surface area contributed by atoms with Gasteiger partial charge >= 0.3 is 0 Å². The van der Waals surface area contributed by atoms with Gasteiger partial charge in [0.2, 0.25) is 0 Å². The topological polar surface area (TPSA) is 18.5 Å². The van der Waals surface area contributed by atoms with Crippen molar-refractivity contribution in [2.75, 3.05) is 6.61 Å². The molecule has 0 N–H and O–H groups in total. The smallest absolute Gasteiger partial charge is 0.277 e. The normalized spacial score (nSPS) is 11.9. The molecule has 1 aromatic rings. The van der Waals surface area contributed by atoms with E-state index in [0.717, 1.165) is 12.2 Å². The lowest BCUT2D eigenvalue weighted by molar-refractivity contribution is 0.118. The van der Waals surface area contributed by atoms with E-state index >= 15 is 0 Å². The molecule has 0 aromatic heterocycles. The number of benzene rings is 1. The fraction of sp³-hybridized carbons (Fsp3) is 0.429. The molecule has 0 radical (unpaired) electrons. The second kappa shape index (κ2) is 6.21. The van der Waals surface area contributed by atoms with Crippen LogP contribution in [-0.2, 0) is 4.74 Å². The summed E-state index contributed by atoms with van der Waals surface area (Å²) in [5.41, 5.74) is 1.33. The zero-order valence-electron chi connectivity index (χ0n) is 10.3. The highest BCUT2D eigenvalue weighted by molar-refractivity contribution is 5.29. The van der Waals surface area contributed by atoms with Crippen LogP contribution in [0.5, 0.6) is 5.75 Å². The standard InChI is InChI=1S/C14H20O2/c1-5-11(3)13-7-9-14(10-8-13)16-12(4)15-6-2/h7-11H,4-6H2,1-3H3. The highest BCUT2D eigenvalue weighted by Gasteiger charge is 2.03. The van der Waals surface area contributed by atoms with Crippen molar-refractivity contribution in [1.29, 1.82) is 0 Å². The van der Waals surface area contributed by atoms with Gasteiger partial charge in [0.05, 0.1) is 6.61 Å². The van der Waals surface area contributed by atoms with E-state index in [2.05, 4.69) is 32.6 Å². The summed E-state index contributed by atoms with van der Waals surface area (Å²) >= 11 is 0. The van der Waals surface area contributed by atoms with Crippen LogP contribution in [0.15, 0.2) is 36.8 Å². The average molecular weight is 220 g/mol. The van der Waals surface area contributed by atoms with Crippen LogP contribution in [0.3, 0.4) is 0 Å². The average Bonchev–Trinajstić information content (AvgIpc) is 2.29. The predicted molar refractivity (Wildman–Crippen MR) is 66.5 cm³/mol. The molecule has 1 rings (SSSR count). The number of hydrogen-bond donors (Lipinski definition) is 0. The lowest BCUT2D eigenvalue weighted by atomic mass is 9.99. The summed E-state index contributed by atoms with van der Waals surface area (Å²) in [5.74, 6) is 1.70. The summed E-state index contributed by atoms with van der Waals surface area (Å²) in [6, 6.07) is 8.07. The van der Waals surface area contributed by atoms with E-state index in [0.29, 0.717) is 18.5 Å². The third kappa shape index (κ3) is 3.61. The molecule has 0 aliphatic heterocycles. The molecule has 0 spiro atoms. The molecule has 0 bridgehead atoms. The molecule has 0 heterocycles. The van der Waals surface area contributed by atoms with Gasteiger partial charge in [-0.05, 0) is 43.5 Å². The summed E-state index contributed by atoms with van der Waals surface area (Å²) < 4.78 is 10.5. The molecule has 0 aliphatic carbocycles. The van der Waals surface area contributed by atoms with Crippen LogP contribution < -0.4 is 4.74 Å². The molecule has 1 atom stereocenters. The zero-order valence-corrected chi connectivity index (χ0v) is 10.3. The number of rotatable bonds is 6. The Bertz CT molecular complexity index is 327. The summed E-state index contributed by atoms with van der Waals surface area (Å²) in [7, 11) is 0. The van der Waals surface area contributed by atoms with Crippen LogP contribution in [0, 0.1) is 0 Å². The Morgan fingerprint density at radius 1 is 1.25 bits per heavy atom. The van der Waals surface area contributed by atoms with E-state index in [4.69, 9.17) is 9.47 Å². The van der Waals surface area contributed by atoms with Gasteiger partial charge in [0.25, 0.3) is 5.95 Å². The quantitative estimate of drug-likeness (QED) is 0.672. The fourth-order valence-electron chi connectivity index (χ4n) is 1.42. The minimum Gasteiger partial charge on any atom is -0.466 e. The second-order valence-electron chi connectivity index (χ2n) is 3.79. The van der Waals surface area contributed by atoms with E-state index in [1.807, 2.05) is 19.1 Å². The van der Waals surface area contributed by atoms with E-state index in [-0.39, 0.29) is 0 Å². The molecule has 0 saturated carbocycles. The van der Waals surface area contributed by atoms with Gasteiger partial charge in [0.1, 0.15) is 5.75 Å². The molecule has 2 heteroatoms. The van der Waals surface area contributed by atoms with Crippen molar-refractivity contribution in [3.05, 3.63) is 42.4 Å². The first-order valence-electron chi connectivity index (χ1n) is 5.76. The van der Waals surface area contributed by atoms with E-state index in [1.54, 1.807) is 0 Å². The Balaban J connectivity index is 2.61. The third-order valence-corrected chi connectivity index (χ3v) is 2.60. The van der Waals surface area contributed by atoms with E-state index in [9.17, 15) is 0 Å². The molecule has 0 aliphatic rings. The van der Waals surface area contributed by atoms with Gasteiger partial charge < -0.3 is 9.47 Å².